The molecule has 0 spiro atoms. The van der Waals surface area contributed by atoms with E-state index in [1.807, 2.05) is 24.3 Å². The second-order valence-electron chi connectivity index (χ2n) is 5.80. The maximum atomic E-state index is 11.2. The average Bonchev–Trinajstić information content (AvgIpc) is 2.43. The van der Waals surface area contributed by atoms with Gasteiger partial charge in [0.05, 0.1) is 0 Å². The third-order valence-corrected chi connectivity index (χ3v) is 3.64. The van der Waals surface area contributed by atoms with Gasteiger partial charge in [-0.2, -0.15) is 0 Å². The number of hydrogen-bond donors (Lipinski definition) is 2. The zero-order valence-corrected chi connectivity index (χ0v) is 13.8. The quantitative estimate of drug-likeness (QED) is 0.688. The number of rotatable bonds is 9. The van der Waals surface area contributed by atoms with Crippen molar-refractivity contribution in [1.82, 2.24) is 10.2 Å². The summed E-state index contributed by atoms with van der Waals surface area (Å²) < 4.78 is 0. The van der Waals surface area contributed by atoms with Crippen LogP contribution in [0.4, 0.5) is 5.69 Å². The van der Waals surface area contributed by atoms with Gasteiger partial charge in [0.1, 0.15) is 0 Å². The highest BCUT2D eigenvalue weighted by molar-refractivity contribution is 5.89. The molecule has 0 aromatic heterocycles. The Kier molecular flexibility index (Phi) is 8.01. The Balaban J connectivity index is 2.25. The number of benzene rings is 1. The summed E-state index contributed by atoms with van der Waals surface area (Å²) in [6, 6.07) is 8.54. The topological polar surface area (TPSA) is 44.4 Å². The molecule has 0 aliphatic heterocycles. The van der Waals surface area contributed by atoms with Crippen molar-refractivity contribution in [2.75, 3.05) is 25.5 Å². The van der Waals surface area contributed by atoms with Crippen molar-refractivity contribution in [1.29, 1.82) is 0 Å². The second kappa shape index (κ2) is 9.53. The van der Waals surface area contributed by atoms with Gasteiger partial charge in [0.25, 0.3) is 0 Å². The molecule has 0 bridgehead atoms. The third kappa shape index (κ3) is 7.25. The Morgan fingerprint density at radius 1 is 1.24 bits per heavy atom. The molecule has 1 aromatic carbocycles. The van der Waals surface area contributed by atoms with E-state index in [9.17, 15) is 4.79 Å². The summed E-state index contributed by atoms with van der Waals surface area (Å²) in [6.45, 7) is 8.91. The molecular weight excluding hydrogens is 262 g/mol. The summed E-state index contributed by atoms with van der Waals surface area (Å²) in [4.78, 5) is 13.5. The van der Waals surface area contributed by atoms with Crippen molar-refractivity contribution in [2.24, 2.45) is 0 Å². The smallest absolute Gasteiger partial charge is 0.221 e. The van der Waals surface area contributed by atoms with Crippen molar-refractivity contribution in [2.45, 2.75) is 46.2 Å². The first-order chi connectivity index (χ1) is 10.0. The van der Waals surface area contributed by atoms with Crippen LogP contribution in [0.3, 0.4) is 0 Å². The van der Waals surface area contributed by atoms with Gasteiger partial charge in [-0.25, -0.2) is 0 Å². The van der Waals surface area contributed by atoms with E-state index in [4.69, 9.17) is 0 Å². The van der Waals surface area contributed by atoms with Crippen LogP contribution in [-0.4, -0.2) is 37.0 Å². The Morgan fingerprint density at radius 2 is 1.95 bits per heavy atom. The highest BCUT2D eigenvalue weighted by atomic mass is 16.1. The lowest BCUT2D eigenvalue weighted by Gasteiger charge is -2.20. The number of amides is 1. The number of anilines is 1. The molecule has 1 rings (SSSR count). The average molecular weight is 291 g/mol. The fraction of sp³-hybridized carbons (Fsp3) is 0.588. The third-order valence-electron chi connectivity index (χ3n) is 3.64. The number of nitrogens with zero attached hydrogens (tertiary/aromatic N) is 1. The molecule has 4 nitrogen and oxygen atoms in total. The molecular formula is C17H29N3O. The zero-order valence-electron chi connectivity index (χ0n) is 13.8. The lowest BCUT2D eigenvalue weighted by molar-refractivity contribution is -0.114. The molecule has 4 heteroatoms. The van der Waals surface area contributed by atoms with Gasteiger partial charge in [-0.05, 0) is 58.5 Å². The first-order valence-electron chi connectivity index (χ1n) is 7.77. The van der Waals surface area contributed by atoms with E-state index < -0.39 is 0 Å². The Labute approximate surface area is 128 Å². The van der Waals surface area contributed by atoms with Crippen LogP contribution < -0.4 is 10.6 Å². The number of carbonyl (C=O) groups excluding carboxylic acids is 1. The molecule has 0 fully saturated rings. The molecule has 118 valence electrons. The van der Waals surface area contributed by atoms with Gasteiger partial charge < -0.3 is 15.5 Å². The molecule has 0 saturated carbocycles. The molecule has 0 aliphatic rings. The molecule has 0 atom stereocenters. The molecule has 1 aromatic rings. The van der Waals surface area contributed by atoms with Gasteiger partial charge in [0, 0.05) is 25.2 Å². The van der Waals surface area contributed by atoms with Crippen LogP contribution in [0.5, 0.6) is 0 Å². The Morgan fingerprint density at radius 3 is 2.62 bits per heavy atom. The monoisotopic (exact) mass is 291 g/mol. The van der Waals surface area contributed by atoms with E-state index in [1.165, 1.54) is 19.8 Å². The SMILES string of the molecule is CC(=O)Nc1ccccc1CNCCCCN(C)C(C)C. The van der Waals surface area contributed by atoms with Crippen molar-refractivity contribution in [3.8, 4) is 0 Å². The maximum absolute atomic E-state index is 11.2. The number of carbonyl (C=O) groups is 1. The lowest BCUT2D eigenvalue weighted by atomic mass is 10.1. The van der Waals surface area contributed by atoms with Crippen LogP contribution >= 0.6 is 0 Å². The van der Waals surface area contributed by atoms with E-state index >= 15 is 0 Å². The van der Waals surface area contributed by atoms with Crippen LogP contribution in [0.1, 0.15) is 39.2 Å². The van der Waals surface area contributed by atoms with Crippen LogP contribution in [0, 0.1) is 0 Å². The number of hydrogen-bond acceptors (Lipinski definition) is 3. The summed E-state index contributed by atoms with van der Waals surface area (Å²) in [5.74, 6) is -0.0285. The van der Waals surface area contributed by atoms with E-state index in [0.29, 0.717) is 6.04 Å². The summed E-state index contributed by atoms with van der Waals surface area (Å²) in [6.07, 6.45) is 2.37. The minimum Gasteiger partial charge on any atom is -0.326 e. The molecule has 0 aliphatic carbocycles. The number of nitrogens with one attached hydrogen (secondary N) is 2. The molecule has 21 heavy (non-hydrogen) atoms. The van der Waals surface area contributed by atoms with Gasteiger partial charge in [0.2, 0.25) is 5.91 Å². The fourth-order valence-corrected chi connectivity index (χ4v) is 2.08. The van der Waals surface area contributed by atoms with Crippen molar-refractivity contribution in [3.63, 3.8) is 0 Å². The van der Waals surface area contributed by atoms with Gasteiger partial charge in [-0.3, -0.25) is 4.79 Å². The van der Waals surface area contributed by atoms with E-state index in [0.717, 1.165) is 30.9 Å². The summed E-state index contributed by atoms with van der Waals surface area (Å²) in [5, 5.41) is 6.32. The highest BCUT2D eigenvalue weighted by Gasteiger charge is 2.03. The largest absolute Gasteiger partial charge is 0.326 e. The number of unbranched alkanes of at least 4 members (excludes halogenated alkanes) is 1. The normalized spacial score (nSPS) is 11.1. The second-order valence-corrected chi connectivity index (χ2v) is 5.80. The molecule has 0 radical (unpaired) electrons. The van der Waals surface area contributed by atoms with Gasteiger partial charge in [-0.1, -0.05) is 18.2 Å². The first kappa shape index (κ1) is 17.7. The van der Waals surface area contributed by atoms with Gasteiger partial charge >= 0.3 is 0 Å². The number of para-hydroxylation sites is 1. The first-order valence-corrected chi connectivity index (χ1v) is 7.77. The van der Waals surface area contributed by atoms with Crippen molar-refractivity contribution < 1.29 is 4.79 Å². The Hall–Kier alpha value is -1.39. The minimum atomic E-state index is -0.0285. The molecule has 0 heterocycles. The summed E-state index contributed by atoms with van der Waals surface area (Å²) in [5.41, 5.74) is 2.03. The predicted octanol–water partition coefficient (Wildman–Crippen LogP) is 2.86. The van der Waals surface area contributed by atoms with Gasteiger partial charge in [-0.15, -0.1) is 0 Å². The maximum Gasteiger partial charge on any atom is 0.221 e. The standard InChI is InChI=1S/C17H29N3O/c1-14(2)20(4)12-8-7-11-18-13-16-9-5-6-10-17(16)19-15(3)21/h5-6,9-10,14,18H,7-8,11-13H2,1-4H3,(H,19,21). The summed E-state index contributed by atoms with van der Waals surface area (Å²) in [7, 11) is 2.17. The van der Waals surface area contributed by atoms with E-state index in [-0.39, 0.29) is 5.91 Å². The Bertz CT molecular complexity index is 432. The summed E-state index contributed by atoms with van der Waals surface area (Å²) >= 11 is 0. The fourth-order valence-electron chi connectivity index (χ4n) is 2.08. The van der Waals surface area contributed by atoms with Crippen molar-refractivity contribution >= 4 is 11.6 Å². The zero-order chi connectivity index (χ0) is 15.7. The van der Waals surface area contributed by atoms with E-state index in [2.05, 4.69) is 36.4 Å². The van der Waals surface area contributed by atoms with Crippen LogP contribution in [0.15, 0.2) is 24.3 Å². The van der Waals surface area contributed by atoms with E-state index in [1.54, 1.807) is 0 Å². The molecule has 0 saturated heterocycles. The molecule has 0 unspecified atom stereocenters. The molecule has 2 N–H and O–H groups in total. The highest BCUT2D eigenvalue weighted by Crippen LogP contribution is 2.14. The van der Waals surface area contributed by atoms with Crippen molar-refractivity contribution in [3.05, 3.63) is 29.8 Å². The van der Waals surface area contributed by atoms with Crippen LogP contribution in [0.2, 0.25) is 0 Å². The van der Waals surface area contributed by atoms with Gasteiger partial charge in [0.15, 0.2) is 0 Å². The predicted molar refractivity (Wildman–Crippen MR) is 89.5 cm³/mol. The lowest BCUT2D eigenvalue weighted by Crippen LogP contribution is -2.27. The van der Waals surface area contributed by atoms with Crippen LogP contribution in [0.25, 0.3) is 0 Å². The van der Waals surface area contributed by atoms with Crippen LogP contribution in [-0.2, 0) is 11.3 Å². The molecule has 1 amide bonds. The minimum absolute atomic E-state index is 0.0285.